The van der Waals surface area contributed by atoms with E-state index < -0.39 is 26.2 Å². The van der Waals surface area contributed by atoms with Crippen LogP contribution in [0.1, 0.15) is 6.42 Å². The summed E-state index contributed by atoms with van der Waals surface area (Å²) in [6.45, 7) is 1.30. The second kappa shape index (κ2) is 12.4. The molecule has 1 unspecified atom stereocenters. The van der Waals surface area contributed by atoms with Crippen LogP contribution in [0.25, 0.3) is 0 Å². The lowest BCUT2D eigenvalue weighted by molar-refractivity contribution is -0.384. The fourth-order valence-electron chi connectivity index (χ4n) is 3.87. The van der Waals surface area contributed by atoms with Crippen molar-refractivity contribution in [2.24, 2.45) is 5.73 Å². The molecule has 2 amide bonds. The molecule has 0 bridgehead atoms. The zero-order valence-corrected chi connectivity index (χ0v) is 21.9. The van der Waals surface area contributed by atoms with E-state index in [0.29, 0.717) is 12.3 Å². The van der Waals surface area contributed by atoms with Crippen LogP contribution in [0.15, 0.2) is 58.3 Å². The van der Waals surface area contributed by atoms with Crippen molar-refractivity contribution in [1.29, 1.82) is 0 Å². The van der Waals surface area contributed by atoms with Gasteiger partial charge in [0.05, 0.1) is 9.82 Å². The number of nitrogens with two attached hydrogens (primary N) is 1. The average molecular weight is 537 g/mol. The van der Waals surface area contributed by atoms with E-state index in [1.54, 1.807) is 11.8 Å². The number of rotatable bonds is 11. The van der Waals surface area contributed by atoms with E-state index >= 15 is 0 Å². The minimum Gasteiger partial charge on any atom is -0.376 e. The Bertz CT molecular complexity index is 1160. The summed E-state index contributed by atoms with van der Waals surface area (Å²) in [4.78, 5) is 27.1. The highest BCUT2D eigenvalue weighted by Crippen LogP contribution is 2.32. The number of nitrogens with zero attached hydrogens (tertiary/aromatic N) is 3. The molecule has 196 valence electrons. The third-order valence-corrected chi connectivity index (χ3v) is 9.03. The van der Waals surface area contributed by atoms with Crippen molar-refractivity contribution >= 4 is 39.0 Å². The van der Waals surface area contributed by atoms with Crippen LogP contribution in [-0.4, -0.2) is 86.6 Å². The monoisotopic (exact) mass is 536 g/mol. The Morgan fingerprint density at radius 1 is 1.31 bits per heavy atom. The maximum Gasteiger partial charge on any atom is 0.315 e. The predicted molar refractivity (Wildman–Crippen MR) is 141 cm³/mol. The Morgan fingerprint density at radius 3 is 2.67 bits per heavy atom. The summed E-state index contributed by atoms with van der Waals surface area (Å²) in [6.07, 6.45) is 0.728. The smallest absolute Gasteiger partial charge is 0.315 e. The molecule has 3 rings (SSSR count). The summed E-state index contributed by atoms with van der Waals surface area (Å²) in [5, 5.41) is 16.9. The Labute approximate surface area is 215 Å². The standard InChI is InChI=1S/C23H32N6O5S2/c1-27(2)12-10-17(16-35-18-6-4-3-5-7-18)26-20-9-8-19(14-21(20)29(31)32)36(33,34)22-15-25-11-13-28(22)23(24)30/h3-9,14,17,22,25-26H,10-13,15-16H2,1-2H3,(H2,24,30)/t17-,22?/m1/s1. The lowest BCUT2D eigenvalue weighted by Crippen LogP contribution is -2.58. The quantitative estimate of drug-likeness (QED) is 0.223. The second-order valence-corrected chi connectivity index (χ2v) is 11.9. The SMILES string of the molecule is CN(C)CC[C@H](CSc1ccccc1)Nc1ccc(S(=O)(=O)C2CNCCN2C(N)=O)cc1[N+](=O)[O-]. The van der Waals surface area contributed by atoms with Gasteiger partial charge in [-0.2, -0.15) is 0 Å². The van der Waals surface area contributed by atoms with Crippen molar-refractivity contribution < 1.29 is 18.1 Å². The van der Waals surface area contributed by atoms with Gasteiger partial charge in [0.2, 0.25) is 9.84 Å². The fraction of sp³-hybridized carbons (Fsp3) is 0.435. The minimum atomic E-state index is -4.11. The molecule has 2 aromatic rings. The molecule has 0 saturated carbocycles. The van der Waals surface area contributed by atoms with Crippen LogP contribution in [0.5, 0.6) is 0 Å². The van der Waals surface area contributed by atoms with Crippen molar-refractivity contribution in [2.75, 3.05) is 51.3 Å². The van der Waals surface area contributed by atoms with Gasteiger partial charge >= 0.3 is 6.03 Å². The normalized spacial score (nSPS) is 17.1. The first-order chi connectivity index (χ1) is 17.1. The molecular weight excluding hydrogens is 504 g/mol. The number of nitro benzene ring substituents is 1. The van der Waals surface area contributed by atoms with E-state index in [1.807, 2.05) is 49.3 Å². The molecule has 1 heterocycles. The van der Waals surface area contributed by atoms with Gasteiger partial charge in [-0.15, -0.1) is 11.8 Å². The van der Waals surface area contributed by atoms with Gasteiger partial charge in [-0.1, -0.05) is 18.2 Å². The number of anilines is 1. The van der Waals surface area contributed by atoms with E-state index in [9.17, 15) is 23.3 Å². The summed E-state index contributed by atoms with van der Waals surface area (Å²) >= 11 is 1.64. The summed E-state index contributed by atoms with van der Waals surface area (Å²) in [7, 11) is -0.191. The average Bonchev–Trinajstić information content (AvgIpc) is 2.86. The molecule has 4 N–H and O–H groups in total. The molecule has 0 spiro atoms. The van der Waals surface area contributed by atoms with Gasteiger partial charge < -0.3 is 26.2 Å². The molecule has 11 nitrogen and oxygen atoms in total. The number of primary amides is 1. The third kappa shape index (κ3) is 7.09. The largest absolute Gasteiger partial charge is 0.376 e. The van der Waals surface area contributed by atoms with Crippen LogP contribution < -0.4 is 16.4 Å². The Morgan fingerprint density at radius 2 is 2.03 bits per heavy atom. The van der Waals surface area contributed by atoms with Gasteiger partial charge in [0.1, 0.15) is 5.69 Å². The maximum absolute atomic E-state index is 13.3. The molecule has 36 heavy (non-hydrogen) atoms. The maximum atomic E-state index is 13.3. The molecule has 1 aliphatic rings. The molecule has 0 aromatic heterocycles. The third-order valence-electron chi connectivity index (χ3n) is 5.81. The highest BCUT2D eigenvalue weighted by atomic mass is 32.2. The molecule has 0 aliphatic carbocycles. The van der Waals surface area contributed by atoms with Gasteiger partial charge in [-0.25, -0.2) is 13.2 Å². The number of thioether (sulfide) groups is 1. The van der Waals surface area contributed by atoms with Crippen LogP contribution in [0, 0.1) is 10.1 Å². The van der Waals surface area contributed by atoms with Gasteiger partial charge in [-0.3, -0.25) is 10.1 Å². The molecule has 2 aromatic carbocycles. The lowest BCUT2D eigenvalue weighted by Gasteiger charge is -2.34. The van der Waals surface area contributed by atoms with Crippen LogP contribution in [0.3, 0.4) is 0 Å². The first-order valence-electron chi connectivity index (χ1n) is 11.5. The number of sulfone groups is 1. The molecule has 1 aliphatic heterocycles. The van der Waals surface area contributed by atoms with E-state index in [1.165, 1.54) is 12.1 Å². The Balaban J connectivity index is 1.86. The molecule has 1 fully saturated rings. The van der Waals surface area contributed by atoms with Gasteiger partial charge in [0.25, 0.3) is 5.69 Å². The van der Waals surface area contributed by atoms with Crippen molar-refractivity contribution in [3.05, 3.63) is 58.6 Å². The molecular formula is C23H32N6O5S2. The van der Waals surface area contributed by atoms with E-state index in [-0.39, 0.29) is 35.4 Å². The predicted octanol–water partition coefficient (Wildman–Crippen LogP) is 2.20. The summed E-state index contributed by atoms with van der Waals surface area (Å²) < 4.78 is 26.6. The number of benzene rings is 2. The molecule has 0 radical (unpaired) electrons. The number of nitrogens with one attached hydrogen (secondary N) is 2. The molecule has 2 atom stereocenters. The van der Waals surface area contributed by atoms with Gasteiger partial charge in [0, 0.05) is 42.4 Å². The van der Waals surface area contributed by atoms with Crippen LogP contribution in [-0.2, 0) is 9.84 Å². The first kappa shape index (κ1) is 27.7. The highest BCUT2D eigenvalue weighted by molar-refractivity contribution is 7.99. The Hall–Kier alpha value is -2.87. The topological polar surface area (TPSA) is 151 Å². The van der Waals surface area contributed by atoms with E-state index in [0.717, 1.165) is 28.8 Å². The zero-order chi connectivity index (χ0) is 26.3. The second-order valence-electron chi connectivity index (χ2n) is 8.73. The van der Waals surface area contributed by atoms with Gasteiger partial charge in [0.15, 0.2) is 5.37 Å². The van der Waals surface area contributed by atoms with Crippen LogP contribution >= 0.6 is 11.8 Å². The van der Waals surface area contributed by atoms with Crippen LogP contribution in [0.4, 0.5) is 16.2 Å². The van der Waals surface area contributed by atoms with Crippen molar-refractivity contribution in [3.8, 4) is 0 Å². The number of urea groups is 1. The molecule has 1 saturated heterocycles. The Kier molecular flexibility index (Phi) is 9.54. The number of nitro groups is 1. The van der Waals surface area contributed by atoms with Crippen molar-refractivity contribution in [1.82, 2.24) is 15.1 Å². The lowest BCUT2D eigenvalue weighted by atomic mass is 10.2. The van der Waals surface area contributed by atoms with Crippen LogP contribution in [0.2, 0.25) is 0 Å². The van der Waals surface area contributed by atoms with Crippen molar-refractivity contribution in [3.63, 3.8) is 0 Å². The van der Waals surface area contributed by atoms with Gasteiger partial charge in [-0.05, 0) is 51.3 Å². The zero-order valence-electron chi connectivity index (χ0n) is 20.3. The van der Waals surface area contributed by atoms with Crippen molar-refractivity contribution in [2.45, 2.75) is 27.6 Å². The highest BCUT2D eigenvalue weighted by Gasteiger charge is 2.37. The fourth-order valence-corrected chi connectivity index (χ4v) is 6.59. The number of hydrogen-bond donors (Lipinski definition) is 3. The molecule has 13 heteroatoms. The summed E-state index contributed by atoms with van der Waals surface area (Å²) in [5.41, 5.74) is 5.28. The summed E-state index contributed by atoms with van der Waals surface area (Å²) in [5.74, 6) is 0.663. The number of hydrogen-bond acceptors (Lipinski definition) is 9. The van der Waals surface area contributed by atoms with E-state index in [2.05, 4.69) is 10.6 Å². The number of piperazine rings is 1. The number of amides is 2. The number of carbonyl (C=O) groups excluding carboxylic acids is 1. The number of carbonyl (C=O) groups is 1. The van der Waals surface area contributed by atoms with E-state index in [4.69, 9.17) is 5.73 Å². The summed E-state index contributed by atoms with van der Waals surface area (Å²) in [6, 6.07) is 12.7. The minimum absolute atomic E-state index is 0.0115. The first-order valence-corrected chi connectivity index (χ1v) is 14.0.